The van der Waals surface area contributed by atoms with Gasteiger partial charge in [0.15, 0.2) is 0 Å². The highest BCUT2D eigenvalue weighted by Crippen LogP contribution is 2.39. The molecule has 4 nitrogen and oxygen atoms in total. The molecule has 3 aromatic rings. The Morgan fingerprint density at radius 1 is 1.04 bits per heavy atom. The summed E-state index contributed by atoms with van der Waals surface area (Å²) >= 11 is 0. The van der Waals surface area contributed by atoms with E-state index in [0.29, 0.717) is 5.56 Å². The summed E-state index contributed by atoms with van der Waals surface area (Å²) < 4.78 is 11.1. The van der Waals surface area contributed by atoms with Gasteiger partial charge >= 0.3 is 0 Å². The minimum Gasteiger partial charge on any atom is -0.497 e. The molecular weight excluding hydrogens is 350 g/mol. The maximum Gasteiger partial charge on any atom is 0.150 e. The lowest BCUT2D eigenvalue weighted by molar-refractivity contribution is 0.112. The standard InChI is InChI=1S/C24H25NO3/c1-16-24-21(12-22(27-2)13-23(24)28-3)8-9-25(16)14-17-4-6-20-11-18(15-26)5-7-19(20)10-17/h4-7,10-13,15-16H,8-9,14H2,1-3H3. The summed E-state index contributed by atoms with van der Waals surface area (Å²) in [4.78, 5) is 13.5. The van der Waals surface area contributed by atoms with E-state index in [1.807, 2.05) is 24.3 Å². The van der Waals surface area contributed by atoms with Gasteiger partial charge in [0.25, 0.3) is 0 Å². The van der Waals surface area contributed by atoms with Crippen LogP contribution in [0.5, 0.6) is 11.5 Å². The highest BCUT2D eigenvalue weighted by atomic mass is 16.5. The van der Waals surface area contributed by atoms with Gasteiger partial charge in [0.1, 0.15) is 17.8 Å². The Kier molecular flexibility index (Phi) is 5.05. The fourth-order valence-corrected chi connectivity index (χ4v) is 4.20. The van der Waals surface area contributed by atoms with Gasteiger partial charge in [0.2, 0.25) is 0 Å². The summed E-state index contributed by atoms with van der Waals surface area (Å²) in [5.74, 6) is 1.74. The molecule has 1 aliphatic rings. The Morgan fingerprint density at radius 2 is 1.82 bits per heavy atom. The molecule has 0 N–H and O–H groups in total. The monoisotopic (exact) mass is 375 g/mol. The zero-order chi connectivity index (χ0) is 19.7. The van der Waals surface area contributed by atoms with Crippen molar-refractivity contribution in [1.29, 1.82) is 0 Å². The van der Waals surface area contributed by atoms with Crippen molar-refractivity contribution >= 4 is 17.1 Å². The zero-order valence-corrected chi connectivity index (χ0v) is 16.6. The quantitative estimate of drug-likeness (QED) is 0.601. The van der Waals surface area contributed by atoms with Crippen molar-refractivity contribution in [2.24, 2.45) is 0 Å². The number of fused-ring (bicyclic) bond motifs is 2. The predicted molar refractivity (Wildman–Crippen MR) is 111 cm³/mol. The van der Waals surface area contributed by atoms with Crippen LogP contribution in [0.15, 0.2) is 48.5 Å². The lowest BCUT2D eigenvalue weighted by Crippen LogP contribution is -2.33. The number of nitrogens with zero attached hydrogens (tertiary/aromatic N) is 1. The molecule has 0 aliphatic carbocycles. The van der Waals surface area contributed by atoms with Crippen LogP contribution in [0, 0.1) is 0 Å². The molecule has 3 aromatic carbocycles. The Hall–Kier alpha value is -2.85. The number of hydrogen-bond donors (Lipinski definition) is 0. The number of aldehydes is 1. The molecule has 4 heteroatoms. The molecule has 1 unspecified atom stereocenters. The maximum absolute atomic E-state index is 11.0. The summed E-state index contributed by atoms with van der Waals surface area (Å²) in [6.07, 6.45) is 1.87. The predicted octanol–water partition coefficient (Wildman–Crippen LogP) is 4.79. The van der Waals surface area contributed by atoms with Crippen LogP contribution in [0.25, 0.3) is 10.8 Å². The lowest BCUT2D eigenvalue weighted by atomic mass is 9.91. The molecule has 1 atom stereocenters. The molecule has 0 fully saturated rings. The van der Waals surface area contributed by atoms with E-state index >= 15 is 0 Å². The number of hydrogen-bond acceptors (Lipinski definition) is 4. The molecule has 0 spiro atoms. The van der Waals surface area contributed by atoms with Crippen LogP contribution in [0.1, 0.15) is 40.0 Å². The molecule has 0 amide bonds. The average Bonchev–Trinajstić information content (AvgIpc) is 2.74. The van der Waals surface area contributed by atoms with Crippen molar-refractivity contribution in [2.75, 3.05) is 20.8 Å². The third kappa shape index (κ3) is 3.36. The third-order valence-electron chi connectivity index (χ3n) is 5.74. The number of rotatable bonds is 5. The van der Waals surface area contributed by atoms with E-state index in [0.717, 1.165) is 48.1 Å². The first-order valence-corrected chi connectivity index (χ1v) is 9.59. The Bertz CT molecular complexity index is 1010. The fourth-order valence-electron chi connectivity index (χ4n) is 4.20. The Morgan fingerprint density at radius 3 is 2.57 bits per heavy atom. The summed E-state index contributed by atoms with van der Waals surface area (Å²) in [7, 11) is 3.41. The molecule has 0 saturated heterocycles. The van der Waals surface area contributed by atoms with Gasteiger partial charge in [-0.2, -0.15) is 0 Å². The molecule has 0 aromatic heterocycles. The van der Waals surface area contributed by atoms with Gasteiger partial charge in [-0.25, -0.2) is 0 Å². The van der Waals surface area contributed by atoms with Gasteiger partial charge in [-0.1, -0.05) is 24.3 Å². The smallest absolute Gasteiger partial charge is 0.150 e. The van der Waals surface area contributed by atoms with E-state index in [1.54, 1.807) is 14.2 Å². The molecule has 4 rings (SSSR count). The molecule has 1 aliphatic heterocycles. The summed E-state index contributed by atoms with van der Waals surface area (Å²) in [5.41, 5.74) is 4.55. The second-order valence-electron chi connectivity index (χ2n) is 7.36. The van der Waals surface area contributed by atoms with Gasteiger partial charge in [0.05, 0.1) is 14.2 Å². The summed E-state index contributed by atoms with van der Waals surface area (Å²) in [6.45, 7) is 4.11. The minimum absolute atomic E-state index is 0.262. The van der Waals surface area contributed by atoms with Crippen molar-refractivity contribution in [1.82, 2.24) is 4.90 Å². The van der Waals surface area contributed by atoms with Crippen LogP contribution in [-0.4, -0.2) is 32.0 Å². The van der Waals surface area contributed by atoms with Crippen LogP contribution in [0.3, 0.4) is 0 Å². The van der Waals surface area contributed by atoms with Gasteiger partial charge < -0.3 is 9.47 Å². The normalized spacial score (nSPS) is 16.6. The molecule has 0 saturated carbocycles. The van der Waals surface area contributed by atoms with Crippen LogP contribution in [0.2, 0.25) is 0 Å². The fraction of sp³-hybridized carbons (Fsp3) is 0.292. The first-order chi connectivity index (χ1) is 13.6. The van der Waals surface area contributed by atoms with E-state index in [-0.39, 0.29) is 6.04 Å². The van der Waals surface area contributed by atoms with Gasteiger partial charge in [-0.3, -0.25) is 9.69 Å². The number of ether oxygens (including phenoxy) is 2. The van der Waals surface area contributed by atoms with E-state index in [2.05, 4.69) is 36.1 Å². The van der Waals surface area contributed by atoms with Crippen LogP contribution >= 0.6 is 0 Å². The number of benzene rings is 3. The summed E-state index contributed by atoms with van der Waals surface area (Å²) in [6, 6.07) is 16.7. The van der Waals surface area contributed by atoms with E-state index in [9.17, 15) is 4.79 Å². The van der Waals surface area contributed by atoms with Crippen molar-refractivity contribution in [3.8, 4) is 11.5 Å². The molecule has 0 radical (unpaired) electrons. The van der Waals surface area contributed by atoms with Crippen molar-refractivity contribution in [3.05, 3.63) is 70.8 Å². The highest BCUT2D eigenvalue weighted by molar-refractivity contribution is 5.89. The average molecular weight is 375 g/mol. The van der Waals surface area contributed by atoms with E-state index in [1.165, 1.54) is 16.7 Å². The SMILES string of the molecule is COc1cc2c(c(OC)c1)C(C)N(Cc1ccc3cc(C=O)ccc3c1)CC2. The van der Waals surface area contributed by atoms with Gasteiger partial charge in [0, 0.05) is 36.3 Å². The number of carbonyl (C=O) groups is 1. The van der Waals surface area contributed by atoms with Crippen LogP contribution in [-0.2, 0) is 13.0 Å². The summed E-state index contributed by atoms with van der Waals surface area (Å²) in [5, 5.41) is 2.26. The van der Waals surface area contributed by atoms with Crippen molar-refractivity contribution in [2.45, 2.75) is 25.9 Å². The second kappa shape index (κ2) is 7.64. The first kappa shape index (κ1) is 18.5. The lowest BCUT2D eigenvalue weighted by Gasteiger charge is -2.36. The van der Waals surface area contributed by atoms with Gasteiger partial charge in [-0.15, -0.1) is 0 Å². The number of methoxy groups -OCH3 is 2. The maximum atomic E-state index is 11.0. The topological polar surface area (TPSA) is 38.8 Å². The molecule has 0 bridgehead atoms. The van der Waals surface area contributed by atoms with Crippen LogP contribution < -0.4 is 9.47 Å². The zero-order valence-electron chi connectivity index (χ0n) is 16.6. The van der Waals surface area contributed by atoms with Crippen molar-refractivity contribution < 1.29 is 14.3 Å². The third-order valence-corrected chi connectivity index (χ3v) is 5.74. The largest absolute Gasteiger partial charge is 0.497 e. The minimum atomic E-state index is 0.262. The Labute approximate surface area is 165 Å². The molecule has 144 valence electrons. The van der Waals surface area contributed by atoms with Gasteiger partial charge in [-0.05, 0) is 53.4 Å². The second-order valence-corrected chi connectivity index (χ2v) is 7.36. The number of carbonyl (C=O) groups excluding carboxylic acids is 1. The van der Waals surface area contributed by atoms with Crippen LogP contribution in [0.4, 0.5) is 0 Å². The highest BCUT2D eigenvalue weighted by Gasteiger charge is 2.27. The first-order valence-electron chi connectivity index (χ1n) is 9.59. The molecular formula is C24H25NO3. The Balaban J connectivity index is 1.61. The van der Waals surface area contributed by atoms with E-state index < -0.39 is 0 Å². The molecule has 1 heterocycles. The molecule has 28 heavy (non-hydrogen) atoms. The van der Waals surface area contributed by atoms with E-state index in [4.69, 9.17) is 9.47 Å². The van der Waals surface area contributed by atoms with Crippen molar-refractivity contribution in [3.63, 3.8) is 0 Å².